The Kier molecular flexibility index (Phi) is 6.50. The van der Waals surface area contributed by atoms with E-state index in [0.717, 1.165) is 12.5 Å². The van der Waals surface area contributed by atoms with Gasteiger partial charge in [-0.3, -0.25) is 0 Å². The molecular formula is C17H33N3O2. The molecule has 0 aromatic carbocycles. The van der Waals surface area contributed by atoms with Gasteiger partial charge in [0, 0.05) is 13.1 Å². The quantitative estimate of drug-likeness (QED) is 0.836. The molecule has 0 aromatic rings. The van der Waals surface area contributed by atoms with E-state index in [4.69, 9.17) is 4.74 Å². The highest BCUT2D eigenvalue weighted by molar-refractivity contribution is 5.67. The summed E-state index contributed by atoms with van der Waals surface area (Å²) in [4.78, 5) is 14.3. The van der Waals surface area contributed by atoms with Crippen LogP contribution in [-0.4, -0.2) is 55.9 Å². The number of nitrogens with one attached hydrogen (secondary N) is 2. The van der Waals surface area contributed by atoms with Crippen molar-refractivity contribution in [2.24, 2.45) is 11.8 Å². The molecular weight excluding hydrogens is 278 g/mol. The molecule has 2 fully saturated rings. The number of carbonyl (C=O) groups excluding carboxylic acids is 1. The molecule has 2 heterocycles. The maximum Gasteiger partial charge on any atom is 0.407 e. The van der Waals surface area contributed by atoms with Gasteiger partial charge in [-0.15, -0.1) is 0 Å². The van der Waals surface area contributed by atoms with Crippen molar-refractivity contribution in [3.8, 4) is 0 Å². The molecule has 0 spiro atoms. The first-order valence-electron chi connectivity index (χ1n) is 8.82. The second-order valence-corrected chi connectivity index (χ2v) is 7.82. The minimum absolute atomic E-state index is 0.287. The monoisotopic (exact) mass is 311 g/mol. The van der Waals surface area contributed by atoms with Crippen LogP contribution in [0.25, 0.3) is 0 Å². The van der Waals surface area contributed by atoms with E-state index >= 15 is 0 Å². The number of hydrogen-bond acceptors (Lipinski definition) is 4. The zero-order valence-corrected chi connectivity index (χ0v) is 14.5. The van der Waals surface area contributed by atoms with Crippen LogP contribution < -0.4 is 10.6 Å². The average Bonchev–Trinajstić information content (AvgIpc) is 2.46. The van der Waals surface area contributed by atoms with Gasteiger partial charge in [-0.1, -0.05) is 0 Å². The van der Waals surface area contributed by atoms with Crippen LogP contribution in [0.1, 0.15) is 46.5 Å². The fourth-order valence-electron chi connectivity index (χ4n) is 3.34. The third-order valence-corrected chi connectivity index (χ3v) is 4.62. The Morgan fingerprint density at radius 3 is 2.36 bits per heavy atom. The lowest BCUT2D eigenvalue weighted by Crippen LogP contribution is -2.42. The molecule has 2 saturated heterocycles. The first-order chi connectivity index (χ1) is 10.4. The largest absolute Gasteiger partial charge is 0.444 e. The Bertz CT molecular complexity index is 340. The summed E-state index contributed by atoms with van der Waals surface area (Å²) in [7, 11) is 0. The van der Waals surface area contributed by atoms with Crippen molar-refractivity contribution < 1.29 is 9.53 Å². The number of nitrogens with zero attached hydrogens (tertiary/aromatic N) is 1. The van der Waals surface area contributed by atoms with E-state index in [9.17, 15) is 4.79 Å². The normalized spacial score (nSPS) is 22.5. The molecule has 0 radical (unpaired) electrons. The van der Waals surface area contributed by atoms with Gasteiger partial charge in [-0.25, -0.2) is 4.79 Å². The summed E-state index contributed by atoms with van der Waals surface area (Å²) in [6.07, 6.45) is 4.71. The number of piperidine rings is 2. The van der Waals surface area contributed by atoms with E-state index in [1.165, 1.54) is 58.4 Å². The molecule has 2 aliphatic rings. The number of rotatable bonds is 4. The van der Waals surface area contributed by atoms with E-state index in [0.29, 0.717) is 5.92 Å². The maximum absolute atomic E-state index is 11.7. The highest BCUT2D eigenvalue weighted by Gasteiger charge is 2.23. The minimum Gasteiger partial charge on any atom is -0.444 e. The second-order valence-electron chi connectivity index (χ2n) is 7.82. The van der Waals surface area contributed by atoms with E-state index in [1.54, 1.807) is 0 Å². The molecule has 0 bridgehead atoms. The summed E-state index contributed by atoms with van der Waals surface area (Å²) in [6, 6.07) is 0. The van der Waals surface area contributed by atoms with Gasteiger partial charge < -0.3 is 20.3 Å². The molecule has 2 N–H and O–H groups in total. The minimum atomic E-state index is -0.414. The summed E-state index contributed by atoms with van der Waals surface area (Å²) >= 11 is 0. The Morgan fingerprint density at radius 2 is 1.77 bits per heavy atom. The molecule has 0 saturated carbocycles. The Balaban J connectivity index is 1.59. The Morgan fingerprint density at radius 1 is 1.14 bits per heavy atom. The smallest absolute Gasteiger partial charge is 0.407 e. The third kappa shape index (κ3) is 6.53. The molecule has 1 amide bonds. The molecule has 5 nitrogen and oxygen atoms in total. The zero-order valence-electron chi connectivity index (χ0n) is 14.5. The van der Waals surface area contributed by atoms with Crippen molar-refractivity contribution in [2.45, 2.75) is 52.1 Å². The van der Waals surface area contributed by atoms with Gasteiger partial charge >= 0.3 is 6.09 Å². The van der Waals surface area contributed by atoms with E-state index < -0.39 is 5.60 Å². The molecule has 5 heteroatoms. The van der Waals surface area contributed by atoms with Crippen LogP contribution >= 0.6 is 0 Å². The van der Waals surface area contributed by atoms with Crippen molar-refractivity contribution in [1.82, 2.24) is 15.5 Å². The van der Waals surface area contributed by atoms with Gasteiger partial charge in [0.05, 0.1) is 0 Å². The molecule has 22 heavy (non-hydrogen) atoms. The standard InChI is InChI=1S/C17H33N3O2/c1-17(2,3)22-16(21)19-12-14-6-10-20(11-7-14)13-15-4-8-18-9-5-15/h14-15,18H,4-13H2,1-3H3,(H,19,21). The number of likely N-dealkylation sites (tertiary alicyclic amines) is 1. The van der Waals surface area contributed by atoms with Gasteiger partial charge in [0.15, 0.2) is 0 Å². The average molecular weight is 311 g/mol. The van der Waals surface area contributed by atoms with Gasteiger partial charge in [-0.2, -0.15) is 0 Å². The first-order valence-corrected chi connectivity index (χ1v) is 8.82. The Labute approximate surface area is 135 Å². The zero-order chi connectivity index (χ0) is 16.0. The van der Waals surface area contributed by atoms with E-state index in [2.05, 4.69) is 15.5 Å². The van der Waals surface area contributed by atoms with Crippen LogP contribution in [0.3, 0.4) is 0 Å². The molecule has 0 aliphatic carbocycles. The maximum atomic E-state index is 11.7. The Hall–Kier alpha value is -0.810. The predicted molar refractivity (Wildman–Crippen MR) is 89.0 cm³/mol. The van der Waals surface area contributed by atoms with Crippen LogP contribution in [0, 0.1) is 11.8 Å². The lowest BCUT2D eigenvalue weighted by molar-refractivity contribution is 0.0508. The molecule has 0 atom stereocenters. The van der Waals surface area contributed by atoms with Gasteiger partial charge in [0.2, 0.25) is 0 Å². The van der Waals surface area contributed by atoms with E-state index in [-0.39, 0.29) is 6.09 Å². The first kappa shape index (κ1) is 17.5. The van der Waals surface area contributed by atoms with Gasteiger partial charge in [0.1, 0.15) is 5.60 Å². The third-order valence-electron chi connectivity index (χ3n) is 4.62. The number of alkyl carbamates (subject to hydrolysis) is 1. The molecule has 0 unspecified atom stereocenters. The predicted octanol–water partition coefficient (Wildman–Crippen LogP) is 2.22. The van der Waals surface area contributed by atoms with Crippen LogP contribution in [0.5, 0.6) is 0 Å². The van der Waals surface area contributed by atoms with Crippen LogP contribution in [0.4, 0.5) is 4.79 Å². The SMILES string of the molecule is CC(C)(C)OC(=O)NCC1CCN(CC2CCNCC2)CC1. The van der Waals surface area contributed by atoms with Crippen molar-refractivity contribution in [3.63, 3.8) is 0 Å². The fraction of sp³-hybridized carbons (Fsp3) is 0.941. The highest BCUT2D eigenvalue weighted by atomic mass is 16.6. The number of hydrogen-bond donors (Lipinski definition) is 2. The van der Waals surface area contributed by atoms with Crippen molar-refractivity contribution >= 4 is 6.09 Å². The van der Waals surface area contributed by atoms with Gasteiger partial charge in [-0.05, 0) is 84.5 Å². The van der Waals surface area contributed by atoms with Crippen molar-refractivity contribution in [3.05, 3.63) is 0 Å². The summed E-state index contributed by atoms with van der Waals surface area (Å²) in [6.45, 7) is 12.4. The number of amides is 1. The fourth-order valence-corrected chi connectivity index (χ4v) is 3.34. The van der Waals surface area contributed by atoms with E-state index in [1.807, 2.05) is 20.8 Å². The number of carbonyl (C=O) groups is 1. The summed E-state index contributed by atoms with van der Waals surface area (Å²) in [5, 5.41) is 6.35. The summed E-state index contributed by atoms with van der Waals surface area (Å²) < 4.78 is 5.28. The van der Waals surface area contributed by atoms with Crippen LogP contribution in [-0.2, 0) is 4.74 Å². The molecule has 128 valence electrons. The summed E-state index contributed by atoms with van der Waals surface area (Å²) in [5.74, 6) is 1.47. The van der Waals surface area contributed by atoms with Crippen LogP contribution in [0.15, 0.2) is 0 Å². The molecule has 2 rings (SSSR count). The topological polar surface area (TPSA) is 53.6 Å². The summed E-state index contributed by atoms with van der Waals surface area (Å²) in [5.41, 5.74) is -0.414. The second kappa shape index (κ2) is 8.16. The van der Waals surface area contributed by atoms with Gasteiger partial charge in [0.25, 0.3) is 0 Å². The van der Waals surface area contributed by atoms with Crippen LogP contribution in [0.2, 0.25) is 0 Å². The lowest BCUT2D eigenvalue weighted by atomic mass is 9.93. The highest BCUT2D eigenvalue weighted by Crippen LogP contribution is 2.20. The van der Waals surface area contributed by atoms with Crippen molar-refractivity contribution in [1.29, 1.82) is 0 Å². The van der Waals surface area contributed by atoms with Crippen molar-refractivity contribution in [2.75, 3.05) is 39.3 Å². The number of ether oxygens (including phenoxy) is 1. The lowest BCUT2D eigenvalue weighted by Gasteiger charge is -2.35. The molecule has 0 aromatic heterocycles. The molecule has 2 aliphatic heterocycles.